The molecule has 4 heteroatoms. The maximum Gasteiger partial charge on any atom is 0.416 e. The quantitative estimate of drug-likeness (QED) is 0.404. The van der Waals surface area contributed by atoms with Crippen molar-refractivity contribution in [3.05, 3.63) is 64.8 Å². The molecular weight excluding hydrogens is 371 g/mol. The molecule has 1 aromatic heterocycles. The third-order valence-electron chi connectivity index (χ3n) is 5.44. The number of fused-ring (bicyclic) bond motifs is 1. The largest absolute Gasteiger partial charge is 0.416 e. The number of hydrogen-bond acceptors (Lipinski definition) is 0. The van der Waals surface area contributed by atoms with Crippen molar-refractivity contribution in [2.45, 2.75) is 59.0 Å². The Morgan fingerprint density at radius 2 is 1.62 bits per heavy atom. The van der Waals surface area contributed by atoms with Gasteiger partial charge in [-0.2, -0.15) is 13.2 Å². The van der Waals surface area contributed by atoms with Crippen LogP contribution in [0.15, 0.2) is 42.6 Å². The molecule has 1 nitrogen and oxygen atoms in total. The van der Waals surface area contributed by atoms with E-state index in [0.717, 1.165) is 28.5 Å². The Bertz CT molecular complexity index is 1120. The van der Waals surface area contributed by atoms with E-state index in [1.807, 2.05) is 30.8 Å². The zero-order valence-electron chi connectivity index (χ0n) is 19.1. The summed E-state index contributed by atoms with van der Waals surface area (Å²) in [6, 6.07) is 9.89. The highest BCUT2D eigenvalue weighted by atomic mass is 19.4. The van der Waals surface area contributed by atoms with E-state index in [1.54, 1.807) is 13.8 Å². The third-order valence-corrected chi connectivity index (χ3v) is 5.44. The van der Waals surface area contributed by atoms with Gasteiger partial charge in [-0.1, -0.05) is 46.8 Å². The van der Waals surface area contributed by atoms with E-state index in [0.29, 0.717) is 16.3 Å². The van der Waals surface area contributed by atoms with Crippen LogP contribution in [0.4, 0.5) is 13.2 Å². The summed E-state index contributed by atoms with van der Waals surface area (Å²) in [4.78, 5) is 0. The number of benzene rings is 2. The molecule has 0 aliphatic rings. The standard InChI is InChI=1S/C25H29F3N/c1-15(2)22-20-13-19(25(26,27)28)9-8-17(20)12-16(3)23(22)21-14-18(24(4,5)6)10-11-29(21)7/h8-15H,1-7H3/q+1/i15D. The molecule has 0 radical (unpaired) electrons. The summed E-state index contributed by atoms with van der Waals surface area (Å²) in [5, 5.41) is 1.20. The normalized spacial score (nSPS) is 13.7. The molecule has 0 aliphatic carbocycles. The van der Waals surface area contributed by atoms with Gasteiger partial charge in [0.05, 0.1) is 11.1 Å². The SMILES string of the molecule is [2H]C(C)(C)c1c(-c2cc(C(C)(C)C)cc[n+]2C)c(C)cc2ccc(C(F)(F)F)cc12. The van der Waals surface area contributed by atoms with Gasteiger partial charge >= 0.3 is 6.18 Å². The molecule has 0 atom stereocenters. The maximum absolute atomic E-state index is 13.4. The molecule has 0 fully saturated rings. The zero-order chi connectivity index (χ0) is 22.6. The van der Waals surface area contributed by atoms with Gasteiger partial charge in [0.1, 0.15) is 7.05 Å². The highest BCUT2D eigenvalue weighted by molar-refractivity contribution is 5.93. The lowest BCUT2D eigenvalue weighted by molar-refractivity contribution is -0.660. The van der Waals surface area contributed by atoms with Crippen molar-refractivity contribution in [1.82, 2.24) is 0 Å². The highest BCUT2D eigenvalue weighted by Gasteiger charge is 2.31. The van der Waals surface area contributed by atoms with Crippen molar-refractivity contribution in [3.63, 3.8) is 0 Å². The van der Waals surface area contributed by atoms with Gasteiger partial charge in [-0.15, -0.1) is 0 Å². The first-order valence-electron chi connectivity index (χ1n) is 10.3. The van der Waals surface area contributed by atoms with E-state index in [1.165, 1.54) is 12.1 Å². The summed E-state index contributed by atoms with van der Waals surface area (Å²) in [5.41, 5.74) is 3.65. The Balaban J connectivity index is 2.48. The summed E-state index contributed by atoms with van der Waals surface area (Å²) >= 11 is 0. The van der Waals surface area contributed by atoms with Gasteiger partial charge in [0.2, 0.25) is 5.69 Å². The Kier molecular flexibility index (Phi) is 4.92. The Labute approximate surface area is 172 Å². The van der Waals surface area contributed by atoms with Gasteiger partial charge in [-0.05, 0) is 57.8 Å². The average molecular weight is 402 g/mol. The predicted molar refractivity (Wildman–Crippen MR) is 113 cm³/mol. The van der Waals surface area contributed by atoms with Gasteiger partial charge < -0.3 is 0 Å². The fourth-order valence-electron chi connectivity index (χ4n) is 3.85. The molecule has 2 aromatic carbocycles. The van der Waals surface area contributed by atoms with Gasteiger partial charge in [-0.25, -0.2) is 4.57 Å². The zero-order valence-corrected chi connectivity index (χ0v) is 18.1. The minimum Gasteiger partial charge on any atom is -0.201 e. The van der Waals surface area contributed by atoms with E-state index in [2.05, 4.69) is 32.9 Å². The van der Waals surface area contributed by atoms with Crippen LogP contribution >= 0.6 is 0 Å². The van der Waals surface area contributed by atoms with Crippen LogP contribution in [-0.2, 0) is 18.6 Å². The Morgan fingerprint density at radius 1 is 0.966 bits per heavy atom. The number of pyridine rings is 1. The topological polar surface area (TPSA) is 3.88 Å². The minimum atomic E-state index is -4.43. The number of aromatic nitrogens is 1. The summed E-state index contributed by atoms with van der Waals surface area (Å²) in [6.45, 7) is 11.8. The lowest BCUT2D eigenvalue weighted by atomic mass is 9.83. The maximum atomic E-state index is 13.4. The van der Waals surface area contributed by atoms with Gasteiger partial charge in [0, 0.05) is 13.5 Å². The Morgan fingerprint density at radius 3 is 2.17 bits per heavy atom. The number of rotatable bonds is 2. The van der Waals surface area contributed by atoms with Crippen LogP contribution in [-0.4, -0.2) is 0 Å². The molecule has 0 N–H and O–H groups in total. The first-order chi connectivity index (χ1) is 13.6. The molecule has 1 heterocycles. The van der Waals surface area contributed by atoms with Crippen LogP contribution in [0, 0.1) is 6.92 Å². The monoisotopic (exact) mass is 401 g/mol. The molecule has 0 saturated heterocycles. The molecule has 154 valence electrons. The Hall–Kier alpha value is -2.36. The number of halogens is 3. The second-order valence-corrected chi connectivity index (χ2v) is 9.04. The minimum absolute atomic E-state index is 0.0755. The van der Waals surface area contributed by atoms with Crippen LogP contribution in [0.3, 0.4) is 0 Å². The van der Waals surface area contributed by atoms with Crippen LogP contribution in [0.2, 0.25) is 0 Å². The van der Waals surface area contributed by atoms with Crippen molar-refractivity contribution < 1.29 is 19.1 Å². The van der Waals surface area contributed by atoms with Gasteiger partial charge in [0.15, 0.2) is 6.20 Å². The highest BCUT2D eigenvalue weighted by Crippen LogP contribution is 2.40. The molecule has 0 unspecified atom stereocenters. The fourth-order valence-corrected chi connectivity index (χ4v) is 3.85. The van der Waals surface area contributed by atoms with Crippen LogP contribution in [0.5, 0.6) is 0 Å². The van der Waals surface area contributed by atoms with Crippen molar-refractivity contribution in [1.29, 1.82) is 0 Å². The lowest BCUT2D eigenvalue weighted by Gasteiger charge is -2.22. The second-order valence-electron chi connectivity index (χ2n) is 9.04. The van der Waals surface area contributed by atoms with Crippen LogP contribution in [0.25, 0.3) is 22.0 Å². The van der Waals surface area contributed by atoms with Crippen molar-refractivity contribution in [2.24, 2.45) is 7.05 Å². The van der Waals surface area contributed by atoms with Gasteiger partial charge in [0.25, 0.3) is 0 Å². The van der Waals surface area contributed by atoms with E-state index < -0.39 is 17.6 Å². The molecule has 3 rings (SSSR count). The number of alkyl halides is 3. The van der Waals surface area contributed by atoms with Crippen LogP contribution in [0.1, 0.15) is 64.1 Å². The summed E-state index contributed by atoms with van der Waals surface area (Å²) < 4.78 is 51.1. The summed E-state index contributed by atoms with van der Waals surface area (Å²) in [5.74, 6) is -1.09. The molecule has 0 bridgehead atoms. The molecule has 3 aromatic rings. The van der Waals surface area contributed by atoms with Crippen molar-refractivity contribution >= 4 is 10.8 Å². The summed E-state index contributed by atoms with van der Waals surface area (Å²) in [7, 11) is 1.93. The molecular formula is C25H29F3N+. The predicted octanol–water partition coefficient (Wildman–Crippen LogP) is 7.08. The molecule has 0 aliphatic heterocycles. The molecule has 29 heavy (non-hydrogen) atoms. The first kappa shape index (κ1) is 19.9. The second kappa shape index (κ2) is 7.16. The van der Waals surface area contributed by atoms with E-state index in [9.17, 15) is 13.2 Å². The molecule has 0 amide bonds. The van der Waals surface area contributed by atoms with Gasteiger partial charge in [-0.3, -0.25) is 0 Å². The van der Waals surface area contributed by atoms with Crippen molar-refractivity contribution in [3.8, 4) is 11.3 Å². The number of nitrogens with zero attached hydrogens (tertiary/aromatic N) is 1. The lowest BCUT2D eigenvalue weighted by Crippen LogP contribution is -2.32. The smallest absolute Gasteiger partial charge is 0.201 e. The fraction of sp³-hybridized carbons (Fsp3) is 0.400. The number of aryl methyl sites for hydroxylation is 2. The third kappa shape index (κ3) is 4.03. The van der Waals surface area contributed by atoms with E-state index in [-0.39, 0.29) is 5.41 Å². The van der Waals surface area contributed by atoms with E-state index in [4.69, 9.17) is 1.37 Å². The van der Waals surface area contributed by atoms with Crippen LogP contribution < -0.4 is 4.57 Å². The van der Waals surface area contributed by atoms with E-state index >= 15 is 0 Å². The van der Waals surface area contributed by atoms with Crippen molar-refractivity contribution in [2.75, 3.05) is 0 Å². The molecule has 0 saturated carbocycles. The molecule has 0 spiro atoms. The first-order valence-corrected chi connectivity index (χ1v) is 9.76. The summed E-state index contributed by atoms with van der Waals surface area (Å²) in [6.07, 6.45) is -2.45. The average Bonchev–Trinajstić information content (AvgIpc) is 2.58. The number of hydrogen-bond donors (Lipinski definition) is 0.